The van der Waals surface area contributed by atoms with E-state index in [0.717, 1.165) is 31.9 Å². The number of guanidine groups is 1. The van der Waals surface area contributed by atoms with E-state index in [1.165, 1.54) is 0 Å². The Hall–Kier alpha value is -0.770. The van der Waals surface area contributed by atoms with Crippen molar-refractivity contribution in [2.24, 2.45) is 10.4 Å². The van der Waals surface area contributed by atoms with Crippen LogP contribution in [0.4, 0.5) is 0 Å². The molecule has 4 nitrogen and oxygen atoms in total. The Morgan fingerprint density at radius 1 is 1.50 bits per heavy atom. The molecule has 1 rings (SSSR count). The summed E-state index contributed by atoms with van der Waals surface area (Å²) in [5.41, 5.74) is 3.16. The Morgan fingerprint density at radius 3 is 2.86 bits per heavy atom. The minimum absolute atomic E-state index is 0.323. The van der Waals surface area contributed by atoms with Crippen LogP contribution in [0, 0.1) is 5.41 Å². The van der Waals surface area contributed by atoms with Crippen LogP contribution in [0.2, 0.25) is 0 Å². The van der Waals surface area contributed by atoms with Crippen molar-refractivity contribution in [3.8, 4) is 0 Å². The van der Waals surface area contributed by atoms with Gasteiger partial charge in [0.25, 0.3) is 0 Å². The van der Waals surface area contributed by atoms with Crippen LogP contribution >= 0.6 is 0 Å². The standard InChI is InChI=1S/C10H21N3O/c1-10(2,3)5-8-14-13-9-11-6-4-7-12-9/h4-8H2,1-3H3,(H2,11,12,13). The van der Waals surface area contributed by atoms with Crippen molar-refractivity contribution in [2.45, 2.75) is 33.6 Å². The number of nitrogens with one attached hydrogen (secondary N) is 2. The molecular weight excluding hydrogens is 178 g/mol. The Bertz CT molecular complexity index is 196. The van der Waals surface area contributed by atoms with E-state index in [4.69, 9.17) is 4.84 Å². The average Bonchev–Trinajstić information content (AvgIpc) is 2.13. The molecule has 82 valence electrons. The van der Waals surface area contributed by atoms with Crippen LogP contribution in [0.15, 0.2) is 4.99 Å². The quantitative estimate of drug-likeness (QED) is 0.532. The van der Waals surface area contributed by atoms with Gasteiger partial charge in [0.1, 0.15) is 0 Å². The predicted molar refractivity (Wildman–Crippen MR) is 58.1 cm³/mol. The number of hydrogen-bond donors (Lipinski definition) is 2. The largest absolute Gasteiger partial charge is 0.355 e. The van der Waals surface area contributed by atoms with E-state index in [1.54, 1.807) is 0 Å². The maximum atomic E-state index is 5.31. The summed E-state index contributed by atoms with van der Waals surface area (Å²) < 4.78 is 0. The first-order chi connectivity index (χ1) is 6.58. The monoisotopic (exact) mass is 199 g/mol. The Labute approximate surface area is 86.1 Å². The van der Waals surface area contributed by atoms with Gasteiger partial charge in [0.05, 0.1) is 6.61 Å². The Balaban J connectivity index is 2.06. The highest BCUT2D eigenvalue weighted by molar-refractivity contribution is 5.79. The molecule has 0 aromatic carbocycles. The van der Waals surface area contributed by atoms with Crippen LogP contribution in [-0.2, 0) is 4.84 Å². The first-order valence-corrected chi connectivity index (χ1v) is 5.24. The summed E-state index contributed by atoms with van der Waals surface area (Å²) in [5.74, 6) is 0.769. The summed E-state index contributed by atoms with van der Waals surface area (Å²) in [6.45, 7) is 9.18. The number of hydrogen-bond acceptors (Lipinski definition) is 4. The van der Waals surface area contributed by atoms with E-state index >= 15 is 0 Å². The van der Waals surface area contributed by atoms with Gasteiger partial charge in [0.15, 0.2) is 0 Å². The highest BCUT2D eigenvalue weighted by atomic mass is 16.6. The van der Waals surface area contributed by atoms with E-state index in [1.807, 2.05) is 0 Å². The van der Waals surface area contributed by atoms with Crippen molar-refractivity contribution in [1.82, 2.24) is 10.8 Å². The summed E-state index contributed by atoms with van der Waals surface area (Å²) in [6.07, 6.45) is 2.14. The maximum absolute atomic E-state index is 5.31. The molecule has 0 aliphatic carbocycles. The van der Waals surface area contributed by atoms with E-state index in [2.05, 4.69) is 36.6 Å². The second-order valence-electron chi connectivity index (χ2n) is 4.77. The first kappa shape index (κ1) is 11.3. The molecule has 14 heavy (non-hydrogen) atoms. The van der Waals surface area contributed by atoms with E-state index in [-0.39, 0.29) is 0 Å². The topological polar surface area (TPSA) is 45.6 Å². The van der Waals surface area contributed by atoms with Crippen molar-refractivity contribution in [1.29, 1.82) is 0 Å². The Morgan fingerprint density at radius 2 is 2.29 bits per heavy atom. The van der Waals surface area contributed by atoms with Crippen molar-refractivity contribution in [3.05, 3.63) is 0 Å². The third kappa shape index (κ3) is 5.07. The lowest BCUT2D eigenvalue weighted by Crippen LogP contribution is -2.40. The second kappa shape index (κ2) is 5.20. The summed E-state index contributed by atoms with van der Waals surface area (Å²) in [7, 11) is 0. The van der Waals surface area contributed by atoms with Gasteiger partial charge < -0.3 is 5.32 Å². The van der Waals surface area contributed by atoms with Crippen molar-refractivity contribution < 1.29 is 4.84 Å². The molecule has 0 atom stereocenters. The zero-order valence-electron chi connectivity index (χ0n) is 9.39. The fourth-order valence-electron chi connectivity index (χ4n) is 1.08. The molecule has 0 saturated carbocycles. The Kier molecular flexibility index (Phi) is 4.20. The molecule has 0 unspecified atom stereocenters. The van der Waals surface area contributed by atoms with Gasteiger partial charge in [-0.15, -0.1) is 0 Å². The van der Waals surface area contributed by atoms with E-state index in [0.29, 0.717) is 12.0 Å². The molecule has 0 aromatic rings. The lowest BCUT2D eigenvalue weighted by atomic mass is 9.93. The summed E-state index contributed by atoms with van der Waals surface area (Å²) in [6, 6.07) is 0. The zero-order chi connectivity index (χ0) is 10.4. The van der Waals surface area contributed by atoms with Gasteiger partial charge in [-0.2, -0.15) is 0 Å². The van der Waals surface area contributed by atoms with Gasteiger partial charge in [-0.3, -0.25) is 9.83 Å². The molecule has 4 heteroatoms. The summed E-state index contributed by atoms with van der Waals surface area (Å²) in [4.78, 5) is 9.54. The molecule has 0 radical (unpaired) electrons. The van der Waals surface area contributed by atoms with Gasteiger partial charge in [-0.05, 0) is 18.3 Å². The molecule has 0 bridgehead atoms. The molecule has 0 amide bonds. The van der Waals surface area contributed by atoms with Crippen LogP contribution in [0.3, 0.4) is 0 Å². The molecular formula is C10H21N3O. The van der Waals surface area contributed by atoms with Crippen LogP contribution in [0.5, 0.6) is 0 Å². The second-order valence-corrected chi connectivity index (χ2v) is 4.77. The molecule has 1 heterocycles. The fourth-order valence-corrected chi connectivity index (χ4v) is 1.08. The molecule has 1 aliphatic rings. The molecule has 0 spiro atoms. The SMILES string of the molecule is CC(C)(C)CCONC1=NCCCN1. The lowest BCUT2D eigenvalue weighted by Gasteiger charge is -2.19. The highest BCUT2D eigenvalue weighted by Gasteiger charge is 2.10. The number of hydroxylamine groups is 1. The van der Waals surface area contributed by atoms with Gasteiger partial charge in [0.2, 0.25) is 5.96 Å². The zero-order valence-corrected chi connectivity index (χ0v) is 9.39. The normalized spacial score (nSPS) is 17.2. The predicted octanol–water partition coefficient (Wildman–Crippen LogP) is 1.29. The number of rotatable bonds is 3. The fraction of sp³-hybridized carbons (Fsp3) is 0.900. The van der Waals surface area contributed by atoms with Crippen molar-refractivity contribution >= 4 is 5.96 Å². The van der Waals surface area contributed by atoms with E-state index < -0.39 is 0 Å². The van der Waals surface area contributed by atoms with Crippen LogP contribution < -0.4 is 10.8 Å². The van der Waals surface area contributed by atoms with Gasteiger partial charge in [-0.25, -0.2) is 5.48 Å². The molecule has 0 fully saturated rings. The number of nitrogens with zero attached hydrogens (tertiary/aromatic N) is 1. The summed E-state index contributed by atoms with van der Waals surface area (Å²) >= 11 is 0. The lowest BCUT2D eigenvalue weighted by molar-refractivity contribution is 0.0622. The van der Waals surface area contributed by atoms with Gasteiger partial charge in [-0.1, -0.05) is 20.8 Å². The van der Waals surface area contributed by atoms with Crippen LogP contribution in [0.25, 0.3) is 0 Å². The maximum Gasteiger partial charge on any atom is 0.215 e. The smallest absolute Gasteiger partial charge is 0.215 e. The first-order valence-electron chi connectivity index (χ1n) is 5.24. The van der Waals surface area contributed by atoms with E-state index in [9.17, 15) is 0 Å². The van der Waals surface area contributed by atoms with Crippen molar-refractivity contribution in [3.63, 3.8) is 0 Å². The van der Waals surface area contributed by atoms with Crippen molar-refractivity contribution in [2.75, 3.05) is 19.7 Å². The highest BCUT2D eigenvalue weighted by Crippen LogP contribution is 2.17. The molecule has 1 aliphatic heterocycles. The molecule has 0 aromatic heterocycles. The van der Waals surface area contributed by atoms with Crippen LogP contribution in [-0.4, -0.2) is 25.7 Å². The number of aliphatic imine (C=N–C) groups is 1. The molecule has 0 saturated heterocycles. The molecule has 2 N–H and O–H groups in total. The third-order valence-electron chi connectivity index (χ3n) is 2.02. The minimum Gasteiger partial charge on any atom is -0.355 e. The average molecular weight is 199 g/mol. The third-order valence-corrected chi connectivity index (χ3v) is 2.02. The van der Waals surface area contributed by atoms with Gasteiger partial charge >= 0.3 is 0 Å². The van der Waals surface area contributed by atoms with Gasteiger partial charge in [0, 0.05) is 13.1 Å². The minimum atomic E-state index is 0.323. The summed E-state index contributed by atoms with van der Waals surface area (Å²) in [5, 5.41) is 3.13. The van der Waals surface area contributed by atoms with Crippen LogP contribution in [0.1, 0.15) is 33.6 Å².